The van der Waals surface area contributed by atoms with E-state index < -0.39 is 0 Å². The molecule has 0 atom stereocenters. The summed E-state index contributed by atoms with van der Waals surface area (Å²) in [5, 5.41) is 10.2. The molecule has 1 aliphatic rings. The molecule has 2 heterocycles. The smallest absolute Gasteiger partial charge is 0.308 e. The van der Waals surface area contributed by atoms with Gasteiger partial charge in [0.15, 0.2) is 11.5 Å². The Balaban J connectivity index is 2.01. The first-order valence-corrected chi connectivity index (χ1v) is 10.6. The van der Waals surface area contributed by atoms with Gasteiger partial charge in [0, 0.05) is 31.1 Å². The van der Waals surface area contributed by atoms with Gasteiger partial charge in [0.2, 0.25) is 0 Å². The number of methoxy groups -OCH3 is 3. The predicted octanol–water partition coefficient (Wildman–Crippen LogP) is 1.85. The van der Waals surface area contributed by atoms with Gasteiger partial charge < -0.3 is 24.2 Å². The van der Waals surface area contributed by atoms with Crippen molar-refractivity contribution < 1.29 is 24.1 Å². The minimum absolute atomic E-state index is 0.0800. The van der Waals surface area contributed by atoms with Crippen molar-refractivity contribution in [3.05, 3.63) is 18.0 Å². The number of fused-ring (bicyclic) bond motifs is 1. The Morgan fingerprint density at radius 2 is 1.84 bits per heavy atom. The number of aliphatic hydroxyl groups excluding tert-OH is 1. The Bertz CT molecular complexity index is 899. The van der Waals surface area contributed by atoms with E-state index in [1.54, 1.807) is 14.2 Å². The number of aliphatic hydroxyl groups is 1. The summed E-state index contributed by atoms with van der Waals surface area (Å²) in [6.07, 6.45) is 1.43. The van der Waals surface area contributed by atoms with Crippen LogP contribution in [0, 0.1) is 5.92 Å². The second-order valence-corrected chi connectivity index (χ2v) is 7.56. The van der Waals surface area contributed by atoms with Crippen LogP contribution in [0.5, 0.6) is 11.5 Å². The van der Waals surface area contributed by atoms with Crippen molar-refractivity contribution in [2.24, 2.45) is 5.92 Å². The van der Waals surface area contributed by atoms with Gasteiger partial charge in [-0.25, -0.2) is 9.97 Å². The van der Waals surface area contributed by atoms with Crippen molar-refractivity contribution in [2.75, 3.05) is 59.0 Å². The molecular formula is C22H32N4O5. The fourth-order valence-electron chi connectivity index (χ4n) is 3.98. The van der Waals surface area contributed by atoms with Crippen LogP contribution in [0.25, 0.3) is 10.9 Å². The molecule has 3 rings (SSSR count). The molecular weight excluding hydrogens is 400 g/mol. The molecule has 0 saturated carbocycles. The molecule has 31 heavy (non-hydrogen) atoms. The number of esters is 1. The zero-order valence-corrected chi connectivity index (χ0v) is 18.8. The van der Waals surface area contributed by atoms with E-state index in [0.717, 1.165) is 23.3 Å². The number of benzene rings is 1. The molecule has 1 saturated heterocycles. The van der Waals surface area contributed by atoms with Gasteiger partial charge in [-0.2, -0.15) is 0 Å². The van der Waals surface area contributed by atoms with E-state index in [2.05, 4.69) is 9.80 Å². The Morgan fingerprint density at radius 1 is 1.16 bits per heavy atom. The number of hydrogen-bond acceptors (Lipinski definition) is 9. The van der Waals surface area contributed by atoms with E-state index in [4.69, 9.17) is 24.2 Å². The first-order chi connectivity index (χ1) is 15.0. The van der Waals surface area contributed by atoms with Crippen molar-refractivity contribution in [3.8, 4) is 11.5 Å². The highest BCUT2D eigenvalue weighted by Gasteiger charge is 2.28. The summed E-state index contributed by atoms with van der Waals surface area (Å²) in [4.78, 5) is 25.9. The third kappa shape index (κ3) is 5.16. The summed E-state index contributed by atoms with van der Waals surface area (Å²) in [5.41, 5.74) is 0.771. The van der Waals surface area contributed by atoms with E-state index >= 15 is 0 Å². The molecule has 9 heteroatoms. The van der Waals surface area contributed by atoms with Gasteiger partial charge in [0.1, 0.15) is 11.6 Å². The topological polar surface area (TPSA) is 97.3 Å². The van der Waals surface area contributed by atoms with Crippen LogP contribution < -0.4 is 14.4 Å². The van der Waals surface area contributed by atoms with Crippen LogP contribution in [0.4, 0.5) is 5.82 Å². The first-order valence-electron chi connectivity index (χ1n) is 10.6. The molecule has 1 aromatic heterocycles. The highest BCUT2D eigenvalue weighted by molar-refractivity contribution is 5.92. The van der Waals surface area contributed by atoms with Crippen LogP contribution in [0.3, 0.4) is 0 Å². The minimum atomic E-state index is -0.151. The quantitative estimate of drug-likeness (QED) is 0.595. The molecule has 1 aromatic carbocycles. The maximum absolute atomic E-state index is 11.9. The summed E-state index contributed by atoms with van der Waals surface area (Å²) in [5.74, 6) is 2.50. The number of nitrogens with zero attached hydrogens (tertiary/aromatic N) is 4. The summed E-state index contributed by atoms with van der Waals surface area (Å²) < 4.78 is 15.9. The van der Waals surface area contributed by atoms with Gasteiger partial charge in [0.25, 0.3) is 0 Å². The molecule has 2 aromatic rings. The number of likely N-dealkylation sites (N-methyl/N-ethyl adjacent to an activating group) is 1. The standard InChI is InChI=1S/C22H32N4O5/c1-5-25(10-11-27)14-20-23-17-13-19(30-3)18(29-2)12-16(17)21(24-20)26-8-6-15(7-9-26)22(28)31-4/h12-13,15,27H,5-11,14H2,1-4H3. The SMILES string of the molecule is CCN(CCO)Cc1nc(N2CCC(C(=O)OC)CC2)c2cc(OC)c(OC)cc2n1. The molecule has 1 N–H and O–H groups in total. The van der Waals surface area contributed by atoms with Crippen LogP contribution in [-0.4, -0.2) is 80.1 Å². The lowest BCUT2D eigenvalue weighted by atomic mass is 9.97. The third-order valence-electron chi connectivity index (χ3n) is 5.78. The zero-order valence-electron chi connectivity index (χ0n) is 18.8. The normalized spacial score (nSPS) is 14.8. The number of piperidine rings is 1. The lowest BCUT2D eigenvalue weighted by molar-refractivity contribution is -0.146. The Labute approximate surface area is 182 Å². The molecule has 0 radical (unpaired) electrons. The van der Waals surface area contributed by atoms with Gasteiger partial charge in [-0.3, -0.25) is 9.69 Å². The third-order valence-corrected chi connectivity index (χ3v) is 5.78. The number of hydrogen-bond donors (Lipinski definition) is 1. The van der Waals surface area contributed by atoms with E-state index in [9.17, 15) is 9.90 Å². The zero-order chi connectivity index (χ0) is 22.4. The Hall–Kier alpha value is -2.65. The fraction of sp³-hybridized carbons (Fsp3) is 0.591. The first kappa shape index (κ1) is 23.0. The Kier molecular flexibility index (Phi) is 7.86. The summed E-state index contributed by atoms with van der Waals surface area (Å²) in [7, 11) is 4.64. The molecule has 0 spiro atoms. The van der Waals surface area contributed by atoms with E-state index in [1.807, 2.05) is 19.1 Å². The van der Waals surface area contributed by atoms with Gasteiger partial charge in [0.05, 0.1) is 45.9 Å². The number of aromatic nitrogens is 2. The Morgan fingerprint density at radius 3 is 2.42 bits per heavy atom. The number of carbonyl (C=O) groups excluding carboxylic acids is 1. The van der Waals surface area contributed by atoms with Crippen LogP contribution >= 0.6 is 0 Å². The maximum atomic E-state index is 11.9. The molecule has 9 nitrogen and oxygen atoms in total. The van der Waals surface area contributed by atoms with E-state index in [-0.39, 0.29) is 18.5 Å². The second-order valence-electron chi connectivity index (χ2n) is 7.56. The highest BCUT2D eigenvalue weighted by atomic mass is 16.5. The summed E-state index contributed by atoms with van der Waals surface area (Å²) >= 11 is 0. The van der Waals surface area contributed by atoms with Crippen molar-refractivity contribution in [3.63, 3.8) is 0 Å². The van der Waals surface area contributed by atoms with Crippen molar-refractivity contribution in [1.82, 2.24) is 14.9 Å². The van der Waals surface area contributed by atoms with Gasteiger partial charge in [-0.1, -0.05) is 6.92 Å². The molecule has 0 bridgehead atoms. The van der Waals surface area contributed by atoms with Crippen LogP contribution in [-0.2, 0) is 16.1 Å². The summed E-state index contributed by atoms with van der Waals surface area (Å²) in [6.45, 7) is 5.41. The fourth-order valence-corrected chi connectivity index (χ4v) is 3.98. The predicted molar refractivity (Wildman–Crippen MR) is 118 cm³/mol. The molecule has 0 unspecified atom stereocenters. The van der Waals surface area contributed by atoms with E-state index in [0.29, 0.717) is 56.3 Å². The van der Waals surface area contributed by atoms with Gasteiger partial charge >= 0.3 is 5.97 Å². The molecule has 170 valence electrons. The lowest BCUT2D eigenvalue weighted by Gasteiger charge is -2.32. The van der Waals surface area contributed by atoms with Gasteiger partial charge in [-0.05, 0) is 25.5 Å². The van der Waals surface area contributed by atoms with Crippen molar-refractivity contribution in [1.29, 1.82) is 0 Å². The molecule has 0 amide bonds. The van der Waals surface area contributed by atoms with Gasteiger partial charge in [-0.15, -0.1) is 0 Å². The minimum Gasteiger partial charge on any atom is -0.493 e. The maximum Gasteiger partial charge on any atom is 0.308 e. The second kappa shape index (κ2) is 10.6. The van der Waals surface area contributed by atoms with Crippen LogP contribution in [0.2, 0.25) is 0 Å². The van der Waals surface area contributed by atoms with Crippen molar-refractivity contribution >= 4 is 22.7 Å². The number of anilines is 1. The highest BCUT2D eigenvalue weighted by Crippen LogP contribution is 2.36. The number of ether oxygens (including phenoxy) is 3. The largest absolute Gasteiger partial charge is 0.493 e. The lowest BCUT2D eigenvalue weighted by Crippen LogP contribution is -2.37. The molecule has 1 aliphatic heterocycles. The van der Waals surface area contributed by atoms with Crippen LogP contribution in [0.1, 0.15) is 25.6 Å². The monoisotopic (exact) mass is 432 g/mol. The summed E-state index contributed by atoms with van der Waals surface area (Å²) in [6, 6.07) is 3.78. The number of carbonyl (C=O) groups is 1. The van der Waals surface area contributed by atoms with E-state index in [1.165, 1.54) is 7.11 Å². The van der Waals surface area contributed by atoms with Crippen molar-refractivity contribution in [2.45, 2.75) is 26.3 Å². The molecule has 0 aliphatic carbocycles. The average molecular weight is 433 g/mol. The average Bonchev–Trinajstić information content (AvgIpc) is 2.81. The van der Waals surface area contributed by atoms with Crippen LogP contribution in [0.15, 0.2) is 12.1 Å². The number of rotatable bonds is 9. The molecule has 1 fully saturated rings.